The second kappa shape index (κ2) is 10.9. The summed E-state index contributed by atoms with van der Waals surface area (Å²) in [5, 5.41) is 0. The molecule has 1 aliphatic carbocycles. The molecule has 6 rings (SSSR count). The van der Waals surface area contributed by atoms with Gasteiger partial charge in [-0.3, -0.25) is 4.98 Å². The van der Waals surface area contributed by atoms with E-state index in [0.717, 1.165) is 61.5 Å². The van der Waals surface area contributed by atoms with E-state index in [2.05, 4.69) is 48.5 Å². The first-order chi connectivity index (χ1) is 19.0. The van der Waals surface area contributed by atoms with Gasteiger partial charge in [-0.15, -0.1) is 0 Å². The largest absolute Gasteiger partial charge is 0.383 e. The lowest BCUT2D eigenvalue weighted by molar-refractivity contribution is 0.174. The topological polar surface area (TPSA) is 76.1 Å². The number of likely N-dealkylation sites (tertiary alicyclic amines) is 1. The summed E-state index contributed by atoms with van der Waals surface area (Å²) in [6, 6.07) is 3.92. The summed E-state index contributed by atoms with van der Waals surface area (Å²) in [4.78, 5) is 18.1. The Bertz CT molecular complexity index is 1370. The van der Waals surface area contributed by atoms with Gasteiger partial charge in [0.2, 0.25) is 0 Å². The predicted molar refractivity (Wildman–Crippen MR) is 155 cm³/mol. The number of alkyl halides is 1. The average molecular weight is 528 g/mol. The van der Waals surface area contributed by atoms with Crippen molar-refractivity contribution in [2.45, 2.75) is 51.7 Å². The van der Waals surface area contributed by atoms with Crippen molar-refractivity contribution in [1.82, 2.24) is 24.4 Å². The Morgan fingerprint density at radius 3 is 2.62 bits per heavy atom. The molecule has 3 aromatic heterocycles. The summed E-state index contributed by atoms with van der Waals surface area (Å²) >= 11 is 0. The second-order valence-corrected chi connectivity index (χ2v) is 11.2. The quantitative estimate of drug-likeness (QED) is 0.453. The lowest BCUT2D eigenvalue weighted by Crippen LogP contribution is -2.39. The van der Waals surface area contributed by atoms with Gasteiger partial charge >= 0.3 is 0 Å². The molecule has 0 amide bonds. The van der Waals surface area contributed by atoms with Gasteiger partial charge in [0.25, 0.3) is 0 Å². The van der Waals surface area contributed by atoms with Gasteiger partial charge in [0.1, 0.15) is 24.1 Å². The molecule has 0 aromatic carbocycles. The first-order valence-corrected chi connectivity index (χ1v) is 14.2. The maximum Gasteiger partial charge on any atom is 0.142 e. The molecule has 0 spiro atoms. The summed E-state index contributed by atoms with van der Waals surface area (Å²) in [5.41, 5.74) is 13.3. The number of halogens is 1. The van der Waals surface area contributed by atoms with Gasteiger partial charge in [-0.2, -0.15) is 0 Å². The van der Waals surface area contributed by atoms with E-state index in [4.69, 9.17) is 5.73 Å². The highest BCUT2D eigenvalue weighted by molar-refractivity contribution is 5.83. The molecule has 2 unspecified atom stereocenters. The van der Waals surface area contributed by atoms with Crippen LogP contribution in [0.2, 0.25) is 0 Å². The molecule has 0 saturated carbocycles. The van der Waals surface area contributed by atoms with Crippen LogP contribution in [0.15, 0.2) is 55.3 Å². The number of nitrogen functional groups attached to an aromatic ring is 1. The van der Waals surface area contributed by atoms with Crippen LogP contribution >= 0.6 is 0 Å². The minimum absolute atomic E-state index is 0.102. The monoisotopic (exact) mass is 527 g/mol. The van der Waals surface area contributed by atoms with Gasteiger partial charge in [-0.05, 0) is 62.6 Å². The van der Waals surface area contributed by atoms with Crippen LogP contribution < -0.4 is 10.6 Å². The lowest BCUT2D eigenvalue weighted by atomic mass is 9.88. The SMILES string of the molecule is Cc1c(C2=CC(C)C(F)C=C2)cn(CCN2CCC2)c1C1CCN(c2ncnc(N)c2-c2cccnc2)CC1. The van der Waals surface area contributed by atoms with Gasteiger partial charge in [-0.25, -0.2) is 14.4 Å². The Kier molecular flexibility index (Phi) is 7.21. The van der Waals surface area contributed by atoms with Gasteiger partial charge in [0.15, 0.2) is 0 Å². The Morgan fingerprint density at radius 1 is 1.10 bits per heavy atom. The highest BCUT2D eigenvalue weighted by atomic mass is 19.1. The zero-order valence-corrected chi connectivity index (χ0v) is 22.9. The summed E-state index contributed by atoms with van der Waals surface area (Å²) < 4.78 is 16.7. The predicted octanol–water partition coefficient (Wildman–Crippen LogP) is 5.25. The molecular formula is C31H38FN7. The third-order valence-corrected chi connectivity index (χ3v) is 8.69. The molecule has 5 heterocycles. The van der Waals surface area contributed by atoms with Crippen LogP contribution in [0.1, 0.15) is 48.9 Å². The summed E-state index contributed by atoms with van der Waals surface area (Å²) in [7, 11) is 0. The fourth-order valence-electron chi connectivity index (χ4n) is 6.31. The molecule has 0 radical (unpaired) electrons. The molecule has 2 N–H and O–H groups in total. The standard InChI is InChI=1S/C31H38FN7/c1-21-17-24(6-7-27(21)32)26-19-39(16-15-37-11-4-12-37)29(22(26)2)23-8-13-38(14-9-23)31-28(30(33)35-20-36-31)25-5-3-10-34-18-25/h3,5-7,10,17-21,23,27H,4,8-9,11-16H2,1-2H3,(H2,33,35,36). The molecule has 2 atom stereocenters. The van der Waals surface area contributed by atoms with Crippen molar-refractivity contribution in [3.8, 4) is 11.1 Å². The Labute approximate surface area is 230 Å². The highest BCUT2D eigenvalue weighted by Crippen LogP contribution is 2.40. The molecular weight excluding hydrogens is 489 g/mol. The van der Waals surface area contributed by atoms with Crippen molar-refractivity contribution in [2.75, 3.05) is 43.4 Å². The second-order valence-electron chi connectivity index (χ2n) is 11.2. The first kappa shape index (κ1) is 25.7. The minimum Gasteiger partial charge on any atom is -0.383 e. The van der Waals surface area contributed by atoms with Gasteiger partial charge in [0.05, 0.1) is 5.56 Å². The van der Waals surface area contributed by atoms with Crippen molar-refractivity contribution in [2.24, 2.45) is 5.92 Å². The number of anilines is 2. The maximum atomic E-state index is 14.2. The third-order valence-electron chi connectivity index (χ3n) is 8.69. The van der Waals surface area contributed by atoms with Crippen LogP contribution in [0.4, 0.5) is 16.0 Å². The fraction of sp³-hybridized carbons (Fsp3) is 0.452. The van der Waals surface area contributed by atoms with Crippen molar-refractivity contribution < 1.29 is 4.39 Å². The van der Waals surface area contributed by atoms with Crippen LogP contribution in [0.25, 0.3) is 16.7 Å². The molecule has 8 heteroatoms. The van der Waals surface area contributed by atoms with Gasteiger partial charge in [-0.1, -0.05) is 25.1 Å². The van der Waals surface area contributed by atoms with E-state index < -0.39 is 6.17 Å². The van der Waals surface area contributed by atoms with Crippen LogP contribution in [-0.4, -0.2) is 63.3 Å². The third kappa shape index (κ3) is 5.10. The van der Waals surface area contributed by atoms with E-state index in [1.54, 1.807) is 18.6 Å². The molecule has 7 nitrogen and oxygen atoms in total. The molecule has 2 saturated heterocycles. The van der Waals surface area contributed by atoms with E-state index in [1.807, 2.05) is 31.3 Å². The smallest absolute Gasteiger partial charge is 0.142 e. The normalized spacial score (nSPS) is 22.1. The number of rotatable bonds is 7. The van der Waals surface area contributed by atoms with Crippen molar-refractivity contribution >= 4 is 17.2 Å². The molecule has 0 bridgehead atoms. The molecule has 3 aliphatic rings. The van der Waals surface area contributed by atoms with Gasteiger partial charge in [0, 0.05) is 73.4 Å². The van der Waals surface area contributed by atoms with E-state index in [0.29, 0.717) is 11.7 Å². The highest BCUT2D eigenvalue weighted by Gasteiger charge is 2.30. The van der Waals surface area contributed by atoms with E-state index in [1.165, 1.54) is 36.3 Å². The molecule has 2 fully saturated rings. The number of hydrogen-bond donors (Lipinski definition) is 1. The average Bonchev–Trinajstić information content (AvgIpc) is 3.25. The van der Waals surface area contributed by atoms with Crippen LogP contribution in [-0.2, 0) is 6.54 Å². The zero-order valence-electron chi connectivity index (χ0n) is 22.9. The van der Waals surface area contributed by atoms with Crippen molar-refractivity contribution in [3.05, 3.63) is 72.1 Å². The zero-order chi connectivity index (χ0) is 26.9. The number of nitrogens with two attached hydrogens (primary N) is 1. The number of piperidine rings is 1. The number of aromatic nitrogens is 4. The number of hydrogen-bond acceptors (Lipinski definition) is 6. The van der Waals surface area contributed by atoms with E-state index in [-0.39, 0.29) is 5.92 Å². The van der Waals surface area contributed by atoms with E-state index >= 15 is 0 Å². The molecule has 3 aromatic rings. The van der Waals surface area contributed by atoms with E-state index in [9.17, 15) is 4.39 Å². The Balaban J connectivity index is 1.26. The fourth-order valence-corrected chi connectivity index (χ4v) is 6.31. The summed E-state index contributed by atoms with van der Waals surface area (Å²) in [6.07, 6.45) is 15.7. The van der Waals surface area contributed by atoms with Gasteiger partial charge < -0.3 is 20.1 Å². The number of allylic oxidation sites excluding steroid dienone is 4. The maximum absolute atomic E-state index is 14.2. The molecule has 204 valence electrons. The van der Waals surface area contributed by atoms with Crippen LogP contribution in [0.5, 0.6) is 0 Å². The molecule has 39 heavy (non-hydrogen) atoms. The summed E-state index contributed by atoms with van der Waals surface area (Å²) in [6.45, 7) is 10.5. The van der Waals surface area contributed by atoms with Crippen molar-refractivity contribution in [3.63, 3.8) is 0 Å². The van der Waals surface area contributed by atoms with Crippen LogP contribution in [0, 0.1) is 12.8 Å². The summed E-state index contributed by atoms with van der Waals surface area (Å²) in [5.74, 6) is 1.71. The Hall–Kier alpha value is -3.52. The number of nitrogens with zero attached hydrogens (tertiary/aromatic N) is 6. The Morgan fingerprint density at radius 2 is 1.92 bits per heavy atom. The minimum atomic E-state index is -0.904. The lowest BCUT2D eigenvalue weighted by Gasteiger charge is -2.35. The van der Waals surface area contributed by atoms with Crippen molar-refractivity contribution in [1.29, 1.82) is 0 Å². The number of pyridine rings is 1. The first-order valence-electron chi connectivity index (χ1n) is 14.2. The molecule has 2 aliphatic heterocycles. The van der Waals surface area contributed by atoms with Crippen LogP contribution in [0.3, 0.4) is 0 Å².